The molecule has 0 radical (unpaired) electrons. The van der Waals surface area contributed by atoms with Gasteiger partial charge in [0.05, 0.1) is 0 Å². The summed E-state index contributed by atoms with van der Waals surface area (Å²) in [4.78, 5) is 48.1. The van der Waals surface area contributed by atoms with Gasteiger partial charge in [-0.25, -0.2) is 9.59 Å². The second-order valence-corrected chi connectivity index (χ2v) is 13.9. The maximum Gasteiger partial charge on any atom is 0.349 e. The van der Waals surface area contributed by atoms with Gasteiger partial charge in [0.1, 0.15) is 0 Å². The zero-order valence-corrected chi connectivity index (χ0v) is 31.1. The van der Waals surface area contributed by atoms with Crippen molar-refractivity contribution in [1.82, 2.24) is 0 Å². The molecule has 0 aromatic carbocycles. The van der Waals surface area contributed by atoms with Crippen molar-refractivity contribution < 1.29 is 38.9 Å². The molecule has 0 saturated carbocycles. The van der Waals surface area contributed by atoms with Crippen molar-refractivity contribution in [3.63, 3.8) is 0 Å². The Morgan fingerprint density at radius 1 is 0.354 bits per heavy atom. The Morgan fingerprint density at radius 3 is 0.729 bits per heavy atom. The number of esters is 2. The minimum Gasteiger partial charge on any atom is -0.478 e. The quantitative estimate of drug-likeness (QED) is 0.0489. The van der Waals surface area contributed by atoms with Crippen molar-refractivity contribution in [3.8, 4) is 0 Å². The Labute approximate surface area is 293 Å². The zero-order valence-electron chi connectivity index (χ0n) is 31.1. The lowest BCUT2D eigenvalue weighted by Crippen LogP contribution is -2.45. The van der Waals surface area contributed by atoms with Crippen LogP contribution in [0.1, 0.15) is 219 Å². The minimum absolute atomic E-state index is 0.00144. The van der Waals surface area contributed by atoms with Gasteiger partial charge in [0, 0.05) is 12.8 Å². The summed E-state index contributed by atoms with van der Waals surface area (Å²) in [7, 11) is 0. The van der Waals surface area contributed by atoms with Crippen molar-refractivity contribution in [2.75, 3.05) is 0 Å². The molecule has 48 heavy (non-hydrogen) atoms. The lowest BCUT2D eigenvalue weighted by molar-refractivity contribution is -0.187. The molecule has 0 heterocycles. The van der Waals surface area contributed by atoms with Crippen LogP contribution in [0.3, 0.4) is 0 Å². The molecule has 0 aliphatic heterocycles. The lowest BCUT2D eigenvalue weighted by atomic mass is 10.0. The van der Waals surface area contributed by atoms with E-state index in [0.29, 0.717) is 12.8 Å². The van der Waals surface area contributed by atoms with Crippen LogP contribution in [0.5, 0.6) is 0 Å². The Kier molecular flexibility index (Phi) is 33.2. The molecule has 2 N–H and O–H groups in total. The van der Waals surface area contributed by atoms with E-state index < -0.39 is 36.1 Å². The van der Waals surface area contributed by atoms with Gasteiger partial charge < -0.3 is 19.7 Å². The van der Waals surface area contributed by atoms with Gasteiger partial charge in [0.2, 0.25) is 12.2 Å². The summed E-state index contributed by atoms with van der Waals surface area (Å²) in [5.41, 5.74) is 0. The number of carboxylic acids is 2. The number of rotatable bonds is 37. The van der Waals surface area contributed by atoms with E-state index >= 15 is 0 Å². The first-order chi connectivity index (χ1) is 23.3. The largest absolute Gasteiger partial charge is 0.478 e. The normalized spacial score (nSPS) is 12.5. The zero-order chi connectivity index (χ0) is 35.5. The van der Waals surface area contributed by atoms with Gasteiger partial charge in [-0.3, -0.25) is 9.59 Å². The number of carbonyl (C=O) groups is 4. The summed E-state index contributed by atoms with van der Waals surface area (Å²) < 4.78 is 9.98. The monoisotopic (exact) mass is 683 g/mol. The number of hydrogen-bond donors (Lipinski definition) is 2. The van der Waals surface area contributed by atoms with E-state index in [9.17, 15) is 29.4 Å². The van der Waals surface area contributed by atoms with Crippen molar-refractivity contribution in [2.24, 2.45) is 0 Å². The molecular formula is C40H74O8. The summed E-state index contributed by atoms with van der Waals surface area (Å²) in [6, 6.07) is 0. The van der Waals surface area contributed by atoms with Crippen molar-refractivity contribution >= 4 is 23.9 Å². The van der Waals surface area contributed by atoms with Crippen LogP contribution in [0, 0.1) is 0 Å². The van der Waals surface area contributed by atoms with Crippen LogP contribution in [0.2, 0.25) is 0 Å². The highest BCUT2D eigenvalue weighted by molar-refractivity contribution is 5.87. The summed E-state index contributed by atoms with van der Waals surface area (Å²) >= 11 is 0. The van der Waals surface area contributed by atoms with Crippen LogP contribution < -0.4 is 0 Å². The number of carbonyl (C=O) groups excluding carboxylic acids is 2. The minimum atomic E-state index is -2.07. The molecule has 0 aliphatic carbocycles. The molecule has 0 amide bonds. The Bertz CT molecular complexity index is 719. The second-order valence-electron chi connectivity index (χ2n) is 13.9. The maximum absolute atomic E-state index is 12.3. The van der Waals surface area contributed by atoms with E-state index in [1.54, 1.807) is 0 Å². The van der Waals surface area contributed by atoms with Gasteiger partial charge in [0.15, 0.2) is 0 Å². The van der Waals surface area contributed by atoms with E-state index in [2.05, 4.69) is 13.8 Å². The summed E-state index contributed by atoms with van der Waals surface area (Å²) in [6.45, 7) is 4.49. The molecule has 2 atom stereocenters. The molecule has 0 aromatic rings. The molecule has 0 saturated heterocycles. The average molecular weight is 683 g/mol. The first-order valence-corrected chi connectivity index (χ1v) is 20.2. The van der Waals surface area contributed by atoms with Crippen LogP contribution in [0.15, 0.2) is 0 Å². The predicted octanol–water partition coefficient (Wildman–Crippen LogP) is 11.5. The standard InChI is InChI=1S/C40H74O8/c1-3-5-7-9-11-13-15-17-19-21-23-25-27-29-31-33-35(41)47-37(39(43)44)38(40(45)46)48-36(42)34-32-30-28-26-24-22-20-18-16-14-12-10-8-6-4-2/h37-38H,3-34H2,1-2H3,(H,43,44)(H,45,46)/t37-,38-/m0/s1. The van der Waals surface area contributed by atoms with Crippen molar-refractivity contribution in [3.05, 3.63) is 0 Å². The van der Waals surface area contributed by atoms with E-state index in [4.69, 9.17) is 9.47 Å². The SMILES string of the molecule is CCCCCCCCCCCCCCCCCC(=O)O[C@H](C(=O)O)[C@H](OC(=O)CCCCCCCCCCCCCCCCC)C(=O)O. The molecule has 0 bridgehead atoms. The van der Waals surface area contributed by atoms with Crippen LogP contribution in [0.25, 0.3) is 0 Å². The third-order valence-corrected chi connectivity index (χ3v) is 9.25. The first kappa shape index (κ1) is 45.9. The van der Waals surface area contributed by atoms with Gasteiger partial charge in [-0.1, -0.05) is 194 Å². The molecule has 8 nitrogen and oxygen atoms in total. The number of aliphatic carboxylic acids is 2. The van der Waals surface area contributed by atoms with Gasteiger partial charge in [0.25, 0.3) is 0 Å². The maximum atomic E-state index is 12.3. The fourth-order valence-corrected chi connectivity index (χ4v) is 6.17. The highest BCUT2D eigenvalue weighted by Crippen LogP contribution is 2.17. The highest BCUT2D eigenvalue weighted by atomic mass is 16.6. The highest BCUT2D eigenvalue weighted by Gasteiger charge is 2.40. The topological polar surface area (TPSA) is 127 Å². The van der Waals surface area contributed by atoms with Gasteiger partial charge in [-0.2, -0.15) is 0 Å². The molecule has 0 fully saturated rings. The van der Waals surface area contributed by atoms with Gasteiger partial charge >= 0.3 is 23.9 Å². The molecule has 0 rings (SSSR count). The predicted molar refractivity (Wildman–Crippen MR) is 194 cm³/mol. The fraction of sp³-hybridized carbons (Fsp3) is 0.900. The Hall–Kier alpha value is -2.12. The fourth-order valence-electron chi connectivity index (χ4n) is 6.17. The summed E-state index contributed by atoms with van der Waals surface area (Å²) in [5, 5.41) is 19.1. The van der Waals surface area contributed by atoms with E-state index in [1.165, 1.54) is 141 Å². The lowest BCUT2D eigenvalue weighted by Gasteiger charge is -2.21. The number of unbranched alkanes of at least 4 members (excludes halogenated alkanes) is 28. The summed E-state index contributed by atoms with van der Waals surface area (Å²) in [5.74, 6) is -4.87. The molecule has 282 valence electrons. The second kappa shape index (κ2) is 34.7. The molecule has 0 unspecified atom stereocenters. The molecule has 0 spiro atoms. The smallest absolute Gasteiger partial charge is 0.349 e. The third-order valence-electron chi connectivity index (χ3n) is 9.25. The van der Waals surface area contributed by atoms with Crippen LogP contribution in [-0.4, -0.2) is 46.3 Å². The Morgan fingerprint density at radius 2 is 0.542 bits per heavy atom. The van der Waals surface area contributed by atoms with Gasteiger partial charge in [-0.15, -0.1) is 0 Å². The van der Waals surface area contributed by atoms with E-state index in [-0.39, 0.29) is 12.8 Å². The summed E-state index contributed by atoms with van der Waals surface area (Å²) in [6.07, 6.45) is 31.5. The molecular weight excluding hydrogens is 608 g/mol. The van der Waals surface area contributed by atoms with Crippen LogP contribution >= 0.6 is 0 Å². The third kappa shape index (κ3) is 30.0. The molecule has 8 heteroatoms. The van der Waals surface area contributed by atoms with E-state index in [0.717, 1.165) is 38.5 Å². The van der Waals surface area contributed by atoms with Crippen LogP contribution in [-0.2, 0) is 28.7 Å². The van der Waals surface area contributed by atoms with E-state index in [1.807, 2.05) is 0 Å². The van der Waals surface area contributed by atoms with Crippen LogP contribution in [0.4, 0.5) is 0 Å². The Balaban J connectivity index is 3.99. The van der Waals surface area contributed by atoms with Crippen molar-refractivity contribution in [1.29, 1.82) is 0 Å². The first-order valence-electron chi connectivity index (χ1n) is 20.2. The molecule has 0 aliphatic rings. The number of ether oxygens (including phenoxy) is 2. The average Bonchev–Trinajstić information content (AvgIpc) is 3.06. The number of carboxylic acid groups (broad SMARTS) is 2. The van der Waals surface area contributed by atoms with Crippen molar-refractivity contribution in [2.45, 2.75) is 232 Å². The molecule has 0 aromatic heterocycles. The van der Waals surface area contributed by atoms with Gasteiger partial charge in [-0.05, 0) is 12.8 Å². The number of hydrogen-bond acceptors (Lipinski definition) is 6.